The highest BCUT2D eigenvalue weighted by atomic mass is 32.2. The van der Waals surface area contributed by atoms with Crippen LogP contribution in [0.15, 0.2) is 58.2 Å². The van der Waals surface area contributed by atoms with Crippen molar-refractivity contribution in [3.05, 3.63) is 87.1 Å². The Hall–Kier alpha value is -3.18. The van der Waals surface area contributed by atoms with Crippen LogP contribution in [0.4, 0.5) is 13.2 Å². The summed E-state index contributed by atoms with van der Waals surface area (Å²) in [5.41, 5.74) is -0.0531. The first kappa shape index (κ1) is 23.0. The summed E-state index contributed by atoms with van der Waals surface area (Å²) in [5, 5.41) is 0. The second-order valence-electron chi connectivity index (χ2n) is 7.54. The van der Waals surface area contributed by atoms with Gasteiger partial charge in [0, 0.05) is 31.5 Å². The molecule has 4 rings (SSSR count). The molecule has 0 fully saturated rings. The van der Waals surface area contributed by atoms with Gasteiger partial charge in [-0.25, -0.2) is 13.4 Å². The van der Waals surface area contributed by atoms with Crippen LogP contribution < -0.4 is 10.3 Å². The highest BCUT2D eigenvalue weighted by Crippen LogP contribution is 2.32. The fourth-order valence-corrected chi connectivity index (χ4v) is 5.21. The molecule has 7 nitrogen and oxygen atoms in total. The monoisotopic (exact) mass is 479 g/mol. The molecule has 1 N–H and O–H groups in total. The molecule has 0 radical (unpaired) electrons. The van der Waals surface area contributed by atoms with Gasteiger partial charge in [-0.1, -0.05) is 24.3 Å². The Balaban J connectivity index is 1.61. The zero-order valence-electron chi connectivity index (χ0n) is 17.5. The molecule has 0 spiro atoms. The molecule has 1 aromatic heterocycles. The van der Waals surface area contributed by atoms with Gasteiger partial charge in [0.25, 0.3) is 5.56 Å². The van der Waals surface area contributed by atoms with Gasteiger partial charge < -0.3 is 9.72 Å². The standard InChI is InChI=1S/C22H20F3N3O4S/c1-32-19-8-3-2-5-14(19)11-20-26-18-9-10-28(13-17(18)21(29)27-20)33(30,31)16-7-4-6-15(12-16)22(23,24)25/h2-8,12H,9-11,13H2,1H3,(H,26,27,29). The van der Waals surface area contributed by atoms with Crippen molar-refractivity contribution in [3.63, 3.8) is 0 Å². The maximum Gasteiger partial charge on any atom is 0.416 e. The second kappa shape index (κ2) is 8.64. The Morgan fingerprint density at radius 3 is 2.64 bits per heavy atom. The molecule has 2 aromatic carbocycles. The van der Waals surface area contributed by atoms with Crippen LogP contribution in [-0.2, 0) is 35.6 Å². The van der Waals surface area contributed by atoms with Crippen molar-refractivity contribution in [3.8, 4) is 5.75 Å². The Bertz CT molecular complexity index is 1350. The summed E-state index contributed by atoms with van der Waals surface area (Å²) in [6.07, 6.45) is -4.19. The van der Waals surface area contributed by atoms with E-state index in [0.717, 1.165) is 28.1 Å². The summed E-state index contributed by atoms with van der Waals surface area (Å²) in [6, 6.07) is 10.9. The van der Waals surface area contributed by atoms with E-state index in [1.807, 2.05) is 18.2 Å². The Morgan fingerprint density at radius 1 is 1.15 bits per heavy atom. The van der Waals surface area contributed by atoms with Crippen LogP contribution in [0.2, 0.25) is 0 Å². The molecule has 0 saturated carbocycles. The van der Waals surface area contributed by atoms with E-state index in [4.69, 9.17) is 4.74 Å². The third-order valence-corrected chi connectivity index (χ3v) is 7.27. The van der Waals surface area contributed by atoms with E-state index in [2.05, 4.69) is 9.97 Å². The van der Waals surface area contributed by atoms with Gasteiger partial charge in [-0.15, -0.1) is 0 Å². The van der Waals surface area contributed by atoms with Crippen molar-refractivity contribution in [2.24, 2.45) is 0 Å². The molecule has 3 aromatic rings. The molecule has 0 unspecified atom stereocenters. The van der Waals surface area contributed by atoms with Crippen LogP contribution in [0.1, 0.15) is 28.2 Å². The molecular weight excluding hydrogens is 459 g/mol. The number of aromatic amines is 1. The van der Waals surface area contributed by atoms with Gasteiger partial charge in [0.2, 0.25) is 10.0 Å². The van der Waals surface area contributed by atoms with Crippen molar-refractivity contribution >= 4 is 10.0 Å². The minimum absolute atomic E-state index is 0.00384. The number of para-hydroxylation sites is 1. The lowest BCUT2D eigenvalue weighted by Crippen LogP contribution is -2.39. The van der Waals surface area contributed by atoms with Gasteiger partial charge in [0.1, 0.15) is 11.6 Å². The number of hydrogen-bond donors (Lipinski definition) is 1. The molecule has 33 heavy (non-hydrogen) atoms. The first-order valence-corrected chi connectivity index (χ1v) is 11.4. The fraction of sp³-hybridized carbons (Fsp3) is 0.273. The van der Waals surface area contributed by atoms with Gasteiger partial charge >= 0.3 is 6.18 Å². The number of halogens is 3. The van der Waals surface area contributed by atoms with Crippen molar-refractivity contribution in [1.29, 1.82) is 0 Å². The van der Waals surface area contributed by atoms with Crippen LogP contribution in [0.3, 0.4) is 0 Å². The maximum absolute atomic E-state index is 13.0. The largest absolute Gasteiger partial charge is 0.496 e. The molecule has 2 heterocycles. The molecule has 1 aliphatic rings. The normalized spacial score (nSPS) is 14.7. The number of rotatable bonds is 5. The summed E-state index contributed by atoms with van der Waals surface area (Å²) < 4.78 is 71.3. The molecule has 0 bridgehead atoms. The number of nitrogens with one attached hydrogen (secondary N) is 1. The Kier molecular flexibility index (Phi) is 6.02. The summed E-state index contributed by atoms with van der Waals surface area (Å²) in [6.45, 7) is -0.276. The number of nitrogens with zero attached hydrogens (tertiary/aromatic N) is 2. The van der Waals surface area contributed by atoms with Crippen LogP contribution >= 0.6 is 0 Å². The number of sulfonamides is 1. The topological polar surface area (TPSA) is 92.4 Å². The van der Waals surface area contributed by atoms with Crippen LogP contribution in [0.5, 0.6) is 5.75 Å². The molecule has 1 aliphatic heterocycles. The number of aromatic nitrogens is 2. The van der Waals surface area contributed by atoms with Gasteiger partial charge in [0.05, 0.1) is 28.8 Å². The number of hydrogen-bond acceptors (Lipinski definition) is 5. The number of benzene rings is 2. The summed E-state index contributed by atoms with van der Waals surface area (Å²) in [4.78, 5) is 19.4. The molecule has 0 atom stereocenters. The lowest BCUT2D eigenvalue weighted by Gasteiger charge is -2.27. The van der Waals surface area contributed by atoms with E-state index in [1.54, 1.807) is 13.2 Å². The minimum atomic E-state index is -4.67. The zero-order valence-corrected chi connectivity index (χ0v) is 18.3. The van der Waals surface area contributed by atoms with Crippen molar-refractivity contribution in [1.82, 2.24) is 14.3 Å². The molecule has 0 saturated heterocycles. The third kappa shape index (κ3) is 4.64. The predicted molar refractivity (Wildman–Crippen MR) is 113 cm³/mol. The highest BCUT2D eigenvalue weighted by Gasteiger charge is 2.34. The SMILES string of the molecule is COc1ccccc1Cc1nc2c(c(=O)[nH]1)CN(S(=O)(=O)c1cccc(C(F)(F)F)c1)CC2. The average molecular weight is 479 g/mol. The Morgan fingerprint density at radius 2 is 1.91 bits per heavy atom. The molecule has 0 aliphatic carbocycles. The fourth-order valence-electron chi connectivity index (χ4n) is 3.75. The number of alkyl halides is 3. The van der Waals surface area contributed by atoms with Gasteiger partial charge in [-0.05, 0) is 24.3 Å². The lowest BCUT2D eigenvalue weighted by atomic mass is 10.1. The van der Waals surface area contributed by atoms with Gasteiger partial charge in [-0.3, -0.25) is 4.79 Å². The summed E-state index contributed by atoms with van der Waals surface area (Å²) in [5.74, 6) is 1.06. The maximum atomic E-state index is 13.0. The minimum Gasteiger partial charge on any atom is -0.496 e. The number of H-pyrrole nitrogens is 1. The summed E-state index contributed by atoms with van der Waals surface area (Å²) >= 11 is 0. The van der Waals surface area contributed by atoms with Crippen LogP contribution in [-0.4, -0.2) is 36.3 Å². The average Bonchev–Trinajstić information content (AvgIpc) is 2.79. The number of ether oxygens (including phenoxy) is 1. The van der Waals surface area contributed by atoms with Crippen molar-refractivity contribution < 1.29 is 26.3 Å². The van der Waals surface area contributed by atoms with E-state index < -0.39 is 32.2 Å². The van der Waals surface area contributed by atoms with E-state index in [0.29, 0.717) is 29.8 Å². The second-order valence-corrected chi connectivity index (χ2v) is 9.48. The van der Waals surface area contributed by atoms with E-state index in [-0.39, 0.29) is 25.1 Å². The smallest absolute Gasteiger partial charge is 0.416 e. The molecule has 0 amide bonds. The lowest BCUT2D eigenvalue weighted by molar-refractivity contribution is -0.137. The van der Waals surface area contributed by atoms with Crippen molar-refractivity contribution in [2.75, 3.05) is 13.7 Å². The first-order chi connectivity index (χ1) is 15.6. The van der Waals surface area contributed by atoms with Gasteiger partial charge in [-0.2, -0.15) is 17.5 Å². The third-order valence-electron chi connectivity index (χ3n) is 5.43. The van der Waals surface area contributed by atoms with E-state index in [9.17, 15) is 26.4 Å². The molecule has 174 valence electrons. The van der Waals surface area contributed by atoms with Crippen LogP contribution in [0, 0.1) is 0 Å². The predicted octanol–water partition coefficient (Wildman–Crippen LogP) is 3.14. The summed E-state index contributed by atoms with van der Waals surface area (Å²) in [7, 11) is -2.69. The Labute approximate surface area is 187 Å². The van der Waals surface area contributed by atoms with Crippen molar-refractivity contribution in [2.45, 2.75) is 30.5 Å². The van der Waals surface area contributed by atoms with Gasteiger partial charge in [0.15, 0.2) is 0 Å². The van der Waals surface area contributed by atoms with Crippen LogP contribution in [0.25, 0.3) is 0 Å². The number of methoxy groups -OCH3 is 1. The zero-order chi connectivity index (χ0) is 23.8. The highest BCUT2D eigenvalue weighted by molar-refractivity contribution is 7.89. The molecular formula is C22H20F3N3O4S. The number of fused-ring (bicyclic) bond motifs is 1. The molecule has 11 heteroatoms. The van der Waals surface area contributed by atoms with E-state index in [1.165, 1.54) is 0 Å². The van der Waals surface area contributed by atoms with E-state index >= 15 is 0 Å². The first-order valence-electron chi connectivity index (χ1n) is 10.00. The quantitative estimate of drug-likeness (QED) is 0.607.